The van der Waals surface area contributed by atoms with Gasteiger partial charge in [-0.05, 0) is 48.8 Å². The summed E-state index contributed by atoms with van der Waals surface area (Å²) in [6.45, 7) is 4.27. The third-order valence-electron chi connectivity index (χ3n) is 5.76. The SMILES string of the molecule is CCC(C)=c1ccc(Nc2nc(N[C@@H]3CCCC[C@@H]3N)nnc2C(N)=O)c/c1=C/N(C)C. The van der Waals surface area contributed by atoms with Crippen LogP contribution in [0.3, 0.4) is 0 Å². The monoisotopic (exact) mass is 438 g/mol. The molecule has 1 aliphatic carbocycles. The first-order valence-electron chi connectivity index (χ1n) is 11.1. The third-order valence-corrected chi connectivity index (χ3v) is 5.76. The number of carbonyl (C=O) groups excluding carboxylic acids is 1. The highest BCUT2D eigenvalue weighted by Crippen LogP contribution is 2.21. The summed E-state index contributed by atoms with van der Waals surface area (Å²) in [5, 5.41) is 16.8. The number of anilines is 3. The second-order valence-electron chi connectivity index (χ2n) is 8.55. The first-order chi connectivity index (χ1) is 15.3. The Morgan fingerprint density at radius 1 is 1.25 bits per heavy atom. The van der Waals surface area contributed by atoms with Gasteiger partial charge >= 0.3 is 0 Å². The molecule has 3 rings (SSSR count). The van der Waals surface area contributed by atoms with Crippen LogP contribution in [0.5, 0.6) is 0 Å². The summed E-state index contributed by atoms with van der Waals surface area (Å²) < 4.78 is 0. The maximum absolute atomic E-state index is 11.9. The summed E-state index contributed by atoms with van der Waals surface area (Å²) in [5.74, 6) is -0.105. The summed E-state index contributed by atoms with van der Waals surface area (Å²) in [7, 11) is 3.97. The minimum absolute atomic E-state index is 0.0120. The molecule has 1 aliphatic rings. The van der Waals surface area contributed by atoms with Gasteiger partial charge in [-0.25, -0.2) is 0 Å². The van der Waals surface area contributed by atoms with Crippen LogP contribution in [0.1, 0.15) is 56.4 Å². The van der Waals surface area contributed by atoms with Crippen LogP contribution >= 0.6 is 0 Å². The van der Waals surface area contributed by atoms with Crippen molar-refractivity contribution in [3.05, 3.63) is 34.3 Å². The zero-order valence-electron chi connectivity index (χ0n) is 19.4. The van der Waals surface area contributed by atoms with E-state index in [1.54, 1.807) is 0 Å². The van der Waals surface area contributed by atoms with Crippen molar-refractivity contribution in [3.63, 3.8) is 0 Å². The number of nitrogens with zero attached hydrogens (tertiary/aromatic N) is 4. The topological polar surface area (TPSA) is 135 Å². The normalized spacial score (nSPS) is 20.0. The van der Waals surface area contributed by atoms with Crippen LogP contribution in [-0.4, -0.2) is 52.2 Å². The fourth-order valence-corrected chi connectivity index (χ4v) is 3.89. The Bertz CT molecular complexity index is 1080. The first-order valence-corrected chi connectivity index (χ1v) is 11.1. The van der Waals surface area contributed by atoms with Gasteiger partial charge in [-0.2, -0.15) is 4.98 Å². The second-order valence-corrected chi connectivity index (χ2v) is 8.55. The van der Waals surface area contributed by atoms with Crippen molar-refractivity contribution in [2.24, 2.45) is 11.5 Å². The second kappa shape index (κ2) is 10.4. The molecule has 2 aromatic rings. The molecule has 1 aromatic heterocycles. The molecule has 1 fully saturated rings. The molecule has 32 heavy (non-hydrogen) atoms. The molecule has 0 aliphatic heterocycles. The lowest BCUT2D eigenvalue weighted by atomic mass is 9.91. The number of amides is 1. The van der Waals surface area contributed by atoms with E-state index in [0.29, 0.717) is 5.95 Å². The molecule has 9 heteroatoms. The van der Waals surface area contributed by atoms with Gasteiger partial charge < -0.3 is 27.0 Å². The number of carbonyl (C=O) groups is 1. The highest BCUT2D eigenvalue weighted by atomic mass is 16.1. The lowest BCUT2D eigenvalue weighted by Crippen LogP contribution is -2.43. The van der Waals surface area contributed by atoms with Gasteiger partial charge in [-0.3, -0.25) is 4.79 Å². The molecule has 6 N–H and O–H groups in total. The summed E-state index contributed by atoms with van der Waals surface area (Å²) in [6.07, 6.45) is 7.16. The molecule has 2 atom stereocenters. The Balaban J connectivity index is 1.97. The van der Waals surface area contributed by atoms with Crippen LogP contribution in [0.4, 0.5) is 17.5 Å². The molecule has 1 aromatic carbocycles. The quantitative estimate of drug-likeness (QED) is 0.508. The predicted octanol–water partition coefficient (Wildman–Crippen LogP) is 1.28. The van der Waals surface area contributed by atoms with Gasteiger partial charge in [0, 0.05) is 38.1 Å². The highest BCUT2D eigenvalue weighted by molar-refractivity contribution is 5.96. The Morgan fingerprint density at radius 2 is 2.00 bits per heavy atom. The van der Waals surface area contributed by atoms with Crippen LogP contribution in [-0.2, 0) is 0 Å². The molecule has 0 radical (unpaired) electrons. The standard InChI is InChI=1S/C23H34N8O/c1-5-14(2)17-11-10-16(12-15(17)13-31(3)4)26-22-20(21(25)32)29-30-23(28-22)27-19-9-7-6-8-18(19)24/h10-13,18-19H,5-9,24H2,1-4H3,(H2,25,32)(H2,26,27,28,30)/b15-13-,17-14?/t18-,19+/m0/s1. The lowest BCUT2D eigenvalue weighted by molar-refractivity contribution is 0.0995. The third kappa shape index (κ3) is 5.73. The smallest absolute Gasteiger partial charge is 0.273 e. The van der Waals surface area contributed by atoms with Gasteiger partial charge in [0.1, 0.15) is 0 Å². The number of hydrogen-bond acceptors (Lipinski definition) is 8. The van der Waals surface area contributed by atoms with E-state index in [2.05, 4.69) is 51.9 Å². The molecule has 1 saturated carbocycles. The van der Waals surface area contributed by atoms with Crippen molar-refractivity contribution in [3.8, 4) is 0 Å². The molecule has 1 amide bonds. The lowest BCUT2D eigenvalue weighted by Gasteiger charge is -2.29. The Kier molecular flexibility index (Phi) is 7.63. The van der Waals surface area contributed by atoms with Crippen molar-refractivity contribution < 1.29 is 4.79 Å². The maximum atomic E-state index is 11.9. The van der Waals surface area contributed by atoms with E-state index in [-0.39, 0.29) is 23.6 Å². The Morgan fingerprint density at radius 3 is 2.66 bits per heavy atom. The number of nitrogens with one attached hydrogen (secondary N) is 2. The fourth-order valence-electron chi connectivity index (χ4n) is 3.89. The van der Waals surface area contributed by atoms with Gasteiger partial charge in [-0.1, -0.05) is 31.4 Å². The van der Waals surface area contributed by atoms with Crippen molar-refractivity contribution in [1.29, 1.82) is 0 Å². The molecule has 9 nitrogen and oxygen atoms in total. The summed E-state index contributed by atoms with van der Waals surface area (Å²) >= 11 is 0. The van der Waals surface area contributed by atoms with Gasteiger partial charge in [0.2, 0.25) is 5.95 Å². The molecular weight excluding hydrogens is 404 g/mol. The van der Waals surface area contributed by atoms with E-state index >= 15 is 0 Å². The molecular formula is C23H34N8O. The Labute approximate surface area is 189 Å². The van der Waals surface area contributed by atoms with Gasteiger partial charge in [-0.15, -0.1) is 10.2 Å². The van der Waals surface area contributed by atoms with Gasteiger partial charge in [0.15, 0.2) is 11.5 Å². The molecule has 0 bridgehead atoms. The Hall–Kier alpha value is -3.20. The molecule has 1 heterocycles. The minimum atomic E-state index is -0.694. The first kappa shape index (κ1) is 23.5. The minimum Gasteiger partial charge on any atom is -0.383 e. The van der Waals surface area contributed by atoms with Crippen LogP contribution in [0.15, 0.2) is 18.2 Å². The van der Waals surface area contributed by atoms with Gasteiger partial charge in [0.05, 0.1) is 0 Å². The number of aromatic nitrogens is 3. The summed E-state index contributed by atoms with van der Waals surface area (Å²) in [6, 6.07) is 6.15. The molecule has 0 unspecified atom stereocenters. The van der Waals surface area contributed by atoms with Crippen molar-refractivity contribution >= 4 is 35.1 Å². The maximum Gasteiger partial charge on any atom is 0.273 e. The van der Waals surface area contributed by atoms with Crippen LogP contribution in [0.25, 0.3) is 11.8 Å². The van der Waals surface area contributed by atoms with Crippen molar-refractivity contribution in [2.45, 2.75) is 58.0 Å². The average Bonchev–Trinajstić information content (AvgIpc) is 2.74. The zero-order valence-corrected chi connectivity index (χ0v) is 19.4. The predicted molar refractivity (Wildman–Crippen MR) is 129 cm³/mol. The number of nitrogens with two attached hydrogens (primary N) is 2. The van der Waals surface area contributed by atoms with E-state index < -0.39 is 5.91 Å². The average molecular weight is 439 g/mol. The van der Waals surface area contributed by atoms with Crippen molar-refractivity contribution in [2.75, 3.05) is 24.7 Å². The van der Waals surface area contributed by atoms with Crippen LogP contribution in [0.2, 0.25) is 0 Å². The number of rotatable bonds is 7. The van der Waals surface area contributed by atoms with E-state index in [1.165, 1.54) is 10.8 Å². The van der Waals surface area contributed by atoms with E-state index in [0.717, 1.165) is 43.0 Å². The largest absolute Gasteiger partial charge is 0.383 e. The van der Waals surface area contributed by atoms with E-state index in [9.17, 15) is 4.79 Å². The highest BCUT2D eigenvalue weighted by Gasteiger charge is 2.23. The fraction of sp³-hybridized carbons (Fsp3) is 0.478. The molecule has 0 spiro atoms. The summed E-state index contributed by atoms with van der Waals surface area (Å²) in [5.41, 5.74) is 13.8. The van der Waals surface area contributed by atoms with Crippen LogP contribution in [0, 0.1) is 0 Å². The van der Waals surface area contributed by atoms with E-state index in [1.807, 2.05) is 31.1 Å². The molecule has 172 valence electrons. The number of primary amides is 1. The van der Waals surface area contributed by atoms with Crippen molar-refractivity contribution in [1.82, 2.24) is 20.1 Å². The van der Waals surface area contributed by atoms with Crippen LogP contribution < -0.4 is 32.5 Å². The zero-order chi connectivity index (χ0) is 23.3. The van der Waals surface area contributed by atoms with E-state index in [4.69, 9.17) is 11.5 Å². The summed E-state index contributed by atoms with van der Waals surface area (Å²) in [4.78, 5) is 18.4. The number of benzene rings is 1. The molecule has 0 saturated heterocycles. The van der Waals surface area contributed by atoms with Gasteiger partial charge in [0.25, 0.3) is 5.91 Å². The number of hydrogen-bond donors (Lipinski definition) is 4.